The number of amides is 1. The first kappa shape index (κ1) is 17.6. The highest BCUT2D eigenvalue weighted by molar-refractivity contribution is 7.20. The van der Waals surface area contributed by atoms with Gasteiger partial charge < -0.3 is 15.6 Å². The van der Waals surface area contributed by atoms with Crippen LogP contribution in [-0.4, -0.2) is 33.8 Å². The number of ether oxygens (including phenoxy) is 1. The Morgan fingerprint density at radius 3 is 3.00 bits per heavy atom. The molecule has 0 spiro atoms. The molecule has 134 valence electrons. The lowest BCUT2D eigenvalue weighted by Gasteiger charge is -2.06. The van der Waals surface area contributed by atoms with E-state index in [0.29, 0.717) is 38.8 Å². The standard InChI is InChI=1S/C17H17N5O3S/c1-3-25-12-6-10(4-5-11(12)23)7-21-22-16(24)14-9(2)13-15(18)19-8-20-17(13)26-14/h4-8,23H,3H2,1-2H3,(H,22,24)(H2,18,19,20)/b21-7-. The molecule has 0 saturated carbocycles. The highest BCUT2D eigenvalue weighted by Crippen LogP contribution is 2.31. The number of nitrogens with two attached hydrogens (primary N) is 1. The molecule has 9 heteroatoms. The Balaban J connectivity index is 1.77. The molecule has 26 heavy (non-hydrogen) atoms. The summed E-state index contributed by atoms with van der Waals surface area (Å²) in [5.74, 6) is 0.397. The molecule has 0 aliphatic carbocycles. The number of aromatic nitrogens is 2. The van der Waals surface area contributed by atoms with Gasteiger partial charge in [-0.15, -0.1) is 11.3 Å². The molecule has 2 heterocycles. The first-order chi connectivity index (χ1) is 12.5. The average Bonchev–Trinajstić information content (AvgIpc) is 2.96. The van der Waals surface area contributed by atoms with Crippen LogP contribution < -0.4 is 15.9 Å². The highest BCUT2D eigenvalue weighted by atomic mass is 32.1. The number of rotatable bonds is 5. The summed E-state index contributed by atoms with van der Waals surface area (Å²) >= 11 is 1.23. The summed E-state index contributed by atoms with van der Waals surface area (Å²) in [5.41, 5.74) is 9.74. The minimum absolute atomic E-state index is 0.0487. The summed E-state index contributed by atoms with van der Waals surface area (Å²) in [6.07, 6.45) is 2.84. The van der Waals surface area contributed by atoms with Crippen molar-refractivity contribution in [2.24, 2.45) is 5.10 Å². The van der Waals surface area contributed by atoms with Gasteiger partial charge in [0.1, 0.15) is 17.0 Å². The van der Waals surface area contributed by atoms with Crippen molar-refractivity contribution in [3.8, 4) is 11.5 Å². The largest absolute Gasteiger partial charge is 0.504 e. The summed E-state index contributed by atoms with van der Waals surface area (Å²) in [7, 11) is 0. The molecular formula is C17H17N5O3S. The van der Waals surface area contributed by atoms with E-state index in [0.717, 1.165) is 5.56 Å². The zero-order valence-corrected chi connectivity index (χ0v) is 15.0. The van der Waals surface area contributed by atoms with Crippen LogP contribution in [0.3, 0.4) is 0 Å². The number of phenolic OH excluding ortho intramolecular Hbond substituents is 1. The summed E-state index contributed by atoms with van der Waals surface area (Å²) in [5, 5.41) is 14.3. The lowest BCUT2D eigenvalue weighted by molar-refractivity contribution is 0.0958. The number of aromatic hydroxyl groups is 1. The van der Waals surface area contributed by atoms with Crippen LogP contribution >= 0.6 is 11.3 Å². The molecule has 0 aliphatic rings. The van der Waals surface area contributed by atoms with Crippen LogP contribution in [0.5, 0.6) is 11.5 Å². The molecule has 8 nitrogen and oxygen atoms in total. The van der Waals surface area contributed by atoms with Gasteiger partial charge in [-0.1, -0.05) is 0 Å². The van der Waals surface area contributed by atoms with Gasteiger partial charge in [0.05, 0.1) is 23.1 Å². The van der Waals surface area contributed by atoms with Crippen LogP contribution in [0.1, 0.15) is 27.7 Å². The van der Waals surface area contributed by atoms with Gasteiger partial charge in [-0.05, 0) is 43.2 Å². The predicted molar refractivity (Wildman–Crippen MR) is 101 cm³/mol. The number of nitrogen functional groups attached to an aromatic ring is 1. The maximum absolute atomic E-state index is 12.4. The Kier molecular flexibility index (Phi) is 4.99. The second-order valence-corrected chi connectivity index (χ2v) is 6.35. The third kappa shape index (κ3) is 3.42. The van der Waals surface area contributed by atoms with Gasteiger partial charge in [0.15, 0.2) is 11.5 Å². The lowest BCUT2D eigenvalue weighted by atomic mass is 10.2. The quantitative estimate of drug-likeness (QED) is 0.468. The van der Waals surface area contributed by atoms with Crippen LogP contribution in [0.2, 0.25) is 0 Å². The van der Waals surface area contributed by atoms with E-state index in [9.17, 15) is 9.90 Å². The number of aryl methyl sites for hydroxylation is 1. The van der Waals surface area contributed by atoms with Gasteiger partial charge in [-0.2, -0.15) is 5.10 Å². The maximum Gasteiger partial charge on any atom is 0.281 e. The third-order valence-corrected chi connectivity index (χ3v) is 4.82. The molecular weight excluding hydrogens is 354 g/mol. The van der Waals surface area contributed by atoms with Gasteiger partial charge >= 0.3 is 0 Å². The summed E-state index contributed by atoms with van der Waals surface area (Å²) in [6.45, 7) is 4.05. The van der Waals surface area contributed by atoms with E-state index in [1.54, 1.807) is 19.1 Å². The number of fused-ring (bicyclic) bond motifs is 1. The summed E-state index contributed by atoms with van der Waals surface area (Å²) in [6, 6.07) is 4.80. The number of hydrazone groups is 1. The van der Waals surface area contributed by atoms with E-state index < -0.39 is 0 Å². The second kappa shape index (κ2) is 7.36. The Morgan fingerprint density at radius 1 is 1.46 bits per heavy atom. The minimum Gasteiger partial charge on any atom is -0.504 e. The Labute approximate surface area is 153 Å². The average molecular weight is 371 g/mol. The molecule has 0 unspecified atom stereocenters. The van der Waals surface area contributed by atoms with Crippen molar-refractivity contribution in [2.75, 3.05) is 12.3 Å². The summed E-state index contributed by atoms with van der Waals surface area (Å²) < 4.78 is 5.31. The first-order valence-electron chi connectivity index (χ1n) is 7.80. The Hall–Kier alpha value is -3.20. The molecule has 0 radical (unpaired) electrons. The van der Waals surface area contributed by atoms with Crippen molar-refractivity contribution >= 4 is 39.5 Å². The summed E-state index contributed by atoms with van der Waals surface area (Å²) in [4.78, 5) is 21.6. The zero-order valence-electron chi connectivity index (χ0n) is 14.2. The molecule has 0 bridgehead atoms. The van der Waals surface area contributed by atoms with E-state index in [1.807, 2.05) is 6.92 Å². The number of nitrogens with one attached hydrogen (secondary N) is 1. The molecule has 3 aromatic rings. The number of hydrogen-bond donors (Lipinski definition) is 3. The zero-order chi connectivity index (χ0) is 18.7. The number of nitrogens with zero attached hydrogens (tertiary/aromatic N) is 3. The fourth-order valence-corrected chi connectivity index (χ4v) is 3.46. The number of phenols is 1. The van der Waals surface area contributed by atoms with Gasteiger partial charge in [0.2, 0.25) is 0 Å². The first-order valence-corrected chi connectivity index (χ1v) is 8.61. The van der Waals surface area contributed by atoms with Crippen LogP contribution in [-0.2, 0) is 0 Å². The number of benzene rings is 1. The molecule has 4 N–H and O–H groups in total. The fraction of sp³-hybridized carbons (Fsp3) is 0.176. The third-order valence-electron chi connectivity index (χ3n) is 3.63. The van der Waals surface area contributed by atoms with Crippen molar-refractivity contribution in [1.29, 1.82) is 0 Å². The van der Waals surface area contributed by atoms with Gasteiger partial charge in [-0.25, -0.2) is 15.4 Å². The van der Waals surface area contributed by atoms with Crippen LogP contribution in [0, 0.1) is 6.92 Å². The van der Waals surface area contributed by atoms with Crippen molar-refractivity contribution in [2.45, 2.75) is 13.8 Å². The molecule has 0 atom stereocenters. The highest BCUT2D eigenvalue weighted by Gasteiger charge is 2.18. The van der Waals surface area contributed by atoms with Crippen molar-refractivity contribution < 1.29 is 14.6 Å². The van der Waals surface area contributed by atoms with Crippen LogP contribution in [0.15, 0.2) is 29.6 Å². The SMILES string of the molecule is CCOc1cc(/C=N\NC(=O)c2sc3ncnc(N)c3c2C)ccc1O. The smallest absolute Gasteiger partial charge is 0.281 e. The number of thiophene rings is 1. The van der Waals surface area contributed by atoms with Gasteiger partial charge in [0.25, 0.3) is 5.91 Å². The predicted octanol–water partition coefficient (Wildman–Crippen LogP) is 2.45. The molecule has 0 saturated heterocycles. The van der Waals surface area contributed by atoms with Gasteiger partial charge in [-0.3, -0.25) is 4.79 Å². The number of carbonyl (C=O) groups is 1. The Morgan fingerprint density at radius 2 is 2.27 bits per heavy atom. The normalized spacial score (nSPS) is 11.2. The van der Waals surface area contributed by atoms with E-state index in [2.05, 4.69) is 20.5 Å². The molecule has 2 aromatic heterocycles. The minimum atomic E-state index is -0.357. The molecule has 1 amide bonds. The fourth-order valence-electron chi connectivity index (χ4n) is 2.41. The van der Waals surface area contributed by atoms with E-state index >= 15 is 0 Å². The second-order valence-electron chi connectivity index (χ2n) is 5.35. The number of carbonyl (C=O) groups excluding carboxylic acids is 1. The van der Waals surface area contributed by atoms with Crippen molar-refractivity contribution in [3.05, 3.63) is 40.5 Å². The van der Waals surface area contributed by atoms with Crippen molar-refractivity contribution in [3.63, 3.8) is 0 Å². The van der Waals surface area contributed by atoms with E-state index in [1.165, 1.54) is 29.9 Å². The van der Waals surface area contributed by atoms with E-state index in [4.69, 9.17) is 10.5 Å². The number of hydrogen-bond acceptors (Lipinski definition) is 8. The maximum atomic E-state index is 12.4. The van der Waals surface area contributed by atoms with Gasteiger partial charge in [0, 0.05) is 0 Å². The van der Waals surface area contributed by atoms with Crippen molar-refractivity contribution in [1.82, 2.24) is 15.4 Å². The van der Waals surface area contributed by atoms with E-state index in [-0.39, 0.29) is 11.7 Å². The van der Waals surface area contributed by atoms with Crippen LogP contribution in [0.4, 0.5) is 5.82 Å². The number of anilines is 1. The topological polar surface area (TPSA) is 123 Å². The molecule has 0 fully saturated rings. The monoisotopic (exact) mass is 371 g/mol. The molecule has 0 aliphatic heterocycles. The lowest BCUT2D eigenvalue weighted by Crippen LogP contribution is -2.17. The molecule has 3 rings (SSSR count). The molecule has 1 aromatic carbocycles. The van der Waals surface area contributed by atoms with Crippen LogP contribution in [0.25, 0.3) is 10.2 Å². The Bertz CT molecular complexity index is 999.